The Morgan fingerprint density at radius 1 is 1.32 bits per heavy atom. The number of unbranched alkanes of at least 4 members (excludes halogenated alkanes) is 1. The summed E-state index contributed by atoms with van der Waals surface area (Å²) in [4.78, 5) is 22.9. The maximum absolute atomic E-state index is 12.5. The molecule has 0 spiro atoms. The number of carbonyl (C=O) groups is 2. The van der Waals surface area contributed by atoms with Crippen LogP contribution in [0.25, 0.3) is 0 Å². The highest BCUT2D eigenvalue weighted by Crippen LogP contribution is 2.47. The monoisotopic (exact) mass is 306 g/mol. The highest BCUT2D eigenvalue weighted by atomic mass is 16.4. The highest BCUT2D eigenvalue weighted by molar-refractivity contribution is 5.90. The van der Waals surface area contributed by atoms with E-state index in [2.05, 4.69) is 0 Å². The molecule has 0 radical (unpaired) electrons. The molecule has 122 valence electrons. The zero-order valence-corrected chi connectivity index (χ0v) is 13.1. The van der Waals surface area contributed by atoms with Crippen LogP contribution in [0.1, 0.15) is 64.2 Å². The minimum Gasteiger partial charge on any atom is -0.481 e. The molecule has 2 atom stereocenters. The van der Waals surface area contributed by atoms with E-state index in [1.807, 2.05) is 18.2 Å². The van der Waals surface area contributed by atoms with Gasteiger partial charge in [0.25, 0.3) is 0 Å². The first kappa shape index (κ1) is 16.9. The summed E-state index contributed by atoms with van der Waals surface area (Å²) in [6.07, 6.45) is 12.9. The van der Waals surface area contributed by atoms with Gasteiger partial charge in [0.05, 0.1) is 11.5 Å². The first-order valence-electron chi connectivity index (χ1n) is 8.34. The van der Waals surface area contributed by atoms with Crippen LogP contribution in [0.5, 0.6) is 0 Å². The second-order valence-electron chi connectivity index (χ2n) is 6.47. The third-order valence-corrected chi connectivity index (χ3v) is 4.89. The van der Waals surface area contributed by atoms with E-state index >= 15 is 0 Å². The molecule has 1 fully saturated rings. The lowest BCUT2D eigenvalue weighted by Crippen LogP contribution is -2.30. The minimum atomic E-state index is -0.766. The summed E-state index contributed by atoms with van der Waals surface area (Å²) in [5, 5.41) is 18.5. The molecule has 0 aliphatic heterocycles. The maximum atomic E-state index is 12.5. The van der Waals surface area contributed by atoms with Gasteiger partial charge < -0.3 is 10.2 Å². The summed E-state index contributed by atoms with van der Waals surface area (Å²) in [6.45, 7) is 0. The summed E-state index contributed by atoms with van der Waals surface area (Å²) in [7, 11) is 0. The number of allylic oxidation sites excluding steroid dienone is 3. The van der Waals surface area contributed by atoms with Crippen molar-refractivity contribution in [2.24, 2.45) is 5.41 Å². The Labute approximate surface area is 131 Å². The molecule has 1 unspecified atom stereocenters. The van der Waals surface area contributed by atoms with Crippen LogP contribution in [0, 0.1) is 5.41 Å². The molecule has 0 amide bonds. The van der Waals surface area contributed by atoms with Gasteiger partial charge in [0.1, 0.15) is 5.78 Å². The Balaban J connectivity index is 2.00. The van der Waals surface area contributed by atoms with Gasteiger partial charge in [-0.2, -0.15) is 0 Å². The molecule has 0 saturated heterocycles. The fourth-order valence-electron chi connectivity index (χ4n) is 3.69. The Morgan fingerprint density at radius 2 is 2.14 bits per heavy atom. The number of hydrogen-bond acceptors (Lipinski definition) is 3. The average molecular weight is 306 g/mol. The van der Waals surface area contributed by atoms with Crippen LogP contribution >= 0.6 is 0 Å². The molecular formula is C18H26O4. The van der Waals surface area contributed by atoms with E-state index in [-0.39, 0.29) is 6.42 Å². The number of rotatable bonds is 7. The maximum Gasteiger partial charge on any atom is 0.303 e. The predicted octanol–water partition coefficient (Wildman–Crippen LogP) is 3.40. The Kier molecular flexibility index (Phi) is 5.95. The SMILES string of the molecule is O=C(O)CCCC=CC[C@]1(C2=CC(O)CCC2)CCCC1=O. The molecule has 0 bridgehead atoms. The van der Waals surface area contributed by atoms with Crippen molar-refractivity contribution >= 4 is 11.8 Å². The Hall–Kier alpha value is -1.42. The molecule has 2 rings (SSSR count). The Bertz CT molecular complexity index is 477. The summed E-state index contributed by atoms with van der Waals surface area (Å²) in [5.74, 6) is -0.458. The van der Waals surface area contributed by atoms with Crippen LogP contribution in [-0.2, 0) is 9.59 Å². The van der Waals surface area contributed by atoms with Gasteiger partial charge in [0.2, 0.25) is 0 Å². The lowest BCUT2D eigenvalue weighted by atomic mass is 9.71. The summed E-state index contributed by atoms with van der Waals surface area (Å²) in [5.41, 5.74) is 0.731. The number of aliphatic carboxylic acids is 1. The summed E-state index contributed by atoms with van der Waals surface area (Å²) in [6, 6.07) is 0. The van der Waals surface area contributed by atoms with E-state index in [1.54, 1.807) is 0 Å². The third kappa shape index (κ3) is 4.07. The third-order valence-electron chi connectivity index (χ3n) is 4.89. The molecule has 4 heteroatoms. The molecule has 2 N–H and O–H groups in total. The van der Waals surface area contributed by atoms with Crippen LogP contribution in [0.2, 0.25) is 0 Å². The normalized spacial score (nSPS) is 29.0. The smallest absolute Gasteiger partial charge is 0.303 e. The number of Topliss-reactive ketones (excluding diaryl/α,β-unsaturated/α-hetero) is 1. The van der Waals surface area contributed by atoms with Crippen LogP contribution in [0.15, 0.2) is 23.8 Å². The van der Waals surface area contributed by atoms with Gasteiger partial charge in [-0.25, -0.2) is 0 Å². The highest BCUT2D eigenvalue weighted by Gasteiger charge is 2.44. The van der Waals surface area contributed by atoms with Crippen LogP contribution in [-0.4, -0.2) is 28.1 Å². The van der Waals surface area contributed by atoms with Gasteiger partial charge in [-0.15, -0.1) is 0 Å². The number of carboxylic acid groups (broad SMARTS) is 1. The number of ketones is 1. The number of hydrogen-bond donors (Lipinski definition) is 2. The van der Waals surface area contributed by atoms with Crippen molar-refractivity contribution in [2.45, 2.75) is 70.3 Å². The van der Waals surface area contributed by atoms with Gasteiger partial charge >= 0.3 is 5.97 Å². The lowest BCUT2D eigenvalue weighted by molar-refractivity contribution is -0.137. The quantitative estimate of drug-likeness (QED) is 0.558. The molecule has 0 heterocycles. The number of carboxylic acids is 1. The predicted molar refractivity (Wildman–Crippen MR) is 84.5 cm³/mol. The van der Waals surface area contributed by atoms with Gasteiger partial charge in [-0.05, 0) is 51.4 Å². The topological polar surface area (TPSA) is 74.6 Å². The van der Waals surface area contributed by atoms with E-state index in [0.717, 1.165) is 44.1 Å². The fourth-order valence-corrected chi connectivity index (χ4v) is 3.69. The zero-order chi connectivity index (χ0) is 16.0. The van der Waals surface area contributed by atoms with Crippen molar-refractivity contribution in [3.8, 4) is 0 Å². The molecular weight excluding hydrogens is 280 g/mol. The second-order valence-corrected chi connectivity index (χ2v) is 6.47. The van der Waals surface area contributed by atoms with Gasteiger partial charge in [-0.1, -0.05) is 23.8 Å². The summed E-state index contributed by atoms with van der Waals surface area (Å²) >= 11 is 0. The standard InChI is InChI=1S/C18H26O4/c19-15-8-5-7-14(13-15)18(12-6-9-16(18)20)11-4-2-1-3-10-17(21)22/h2,4,13,15,19H,1,3,5-12H2,(H,21,22)/t15?,18-/m1/s1. The number of aliphatic hydroxyl groups excluding tert-OH is 1. The molecule has 22 heavy (non-hydrogen) atoms. The van der Waals surface area contributed by atoms with Crippen LogP contribution in [0.4, 0.5) is 0 Å². The molecule has 2 aliphatic rings. The van der Waals surface area contributed by atoms with Gasteiger partial charge in [0.15, 0.2) is 0 Å². The fraction of sp³-hybridized carbons (Fsp3) is 0.667. The molecule has 0 aromatic heterocycles. The van der Waals surface area contributed by atoms with E-state index in [4.69, 9.17) is 5.11 Å². The first-order chi connectivity index (χ1) is 10.5. The van der Waals surface area contributed by atoms with E-state index in [0.29, 0.717) is 25.0 Å². The molecule has 2 aliphatic carbocycles. The van der Waals surface area contributed by atoms with Crippen molar-refractivity contribution in [1.82, 2.24) is 0 Å². The average Bonchev–Trinajstić information content (AvgIpc) is 2.85. The number of carbonyl (C=O) groups excluding carboxylic acids is 1. The molecule has 0 aromatic rings. The van der Waals surface area contributed by atoms with Crippen molar-refractivity contribution in [3.05, 3.63) is 23.8 Å². The molecule has 0 aromatic carbocycles. The second kappa shape index (κ2) is 7.73. The van der Waals surface area contributed by atoms with E-state index in [9.17, 15) is 14.7 Å². The van der Waals surface area contributed by atoms with Crippen molar-refractivity contribution in [3.63, 3.8) is 0 Å². The van der Waals surface area contributed by atoms with Crippen LogP contribution < -0.4 is 0 Å². The van der Waals surface area contributed by atoms with Crippen molar-refractivity contribution in [2.75, 3.05) is 0 Å². The van der Waals surface area contributed by atoms with Gasteiger partial charge in [0, 0.05) is 12.8 Å². The van der Waals surface area contributed by atoms with Crippen LogP contribution in [0.3, 0.4) is 0 Å². The van der Waals surface area contributed by atoms with E-state index in [1.165, 1.54) is 0 Å². The number of aliphatic hydroxyl groups is 1. The first-order valence-corrected chi connectivity index (χ1v) is 8.34. The Morgan fingerprint density at radius 3 is 2.77 bits per heavy atom. The molecule has 1 saturated carbocycles. The zero-order valence-electron chi connectivity index (χ0n) is 13.1. The summed E-state index contributed by atoms with van der Waals surface area (Å²) < 4.78 is 0. The van der Waals surface area contributed by atoms with Crippen molar-refractivity contribution < 1.29 is 19.8 Å². The largest absolute Gasteiger partial charge is 0.481 e. The lowest BCUT2D eigenvalue weighted by Gasteiger charge is -2.33. The van der Waals surface area contributed by atoms with Gasteiger partial charge in [-0.3, -0.25) is 9.59 Å². The van der Waals surface area contributed by atoms with Crippen molar-refractivity contribution in [1.29, 1.82) is 0 Å². The minimum absolute atomic E-state index is 0.186. The molecule has 4 nitrogen and oxygen atoms in total. The van der Waals surface area contributed by atoms with E-state index < -0.39 is 17.5 Å².